The molecule has 94 valence electrons. The maximum absolute atomic E-state index is 11.9. The highest BCUT2D eigenvalue weighted by molar-refractivity contribution is 9.10. The van der Waals surface area contributed by atoms with Gasteiger partial charge in [-0.05, 0) is 41.7 Å². The van der Waals surface area contributed by atoms with Crippen LogP contribution in [0.2, 0.25) is 0 Å². The maximum Gasteiger partial charge on any atom is 0.283 e. The predicted molar refractivity (Wildman–Crippen MR) is 71.2 cm³/mol. The lowest BCUT2D eigenvalue weighted by Gasteiger charge is -2.19. The first-order valence-corrected chi connectivity index (χ1v) is 6.67. The van der Waals surface area contributed by atoms with Crippen LogP contribution in [0.1, 0.15) is 13.3 Å². The Balaban J connectivity index is 2.29. The quantitative estimate of drug-likeness (QED) is 0.897. The summed E-state index contributed by atoms with van der Waals surface area (Å²) >= 11 is 3.38. The summed E-state index contributed by atoms with van der Waals surface area (Å²) < 4.78 is 2.05. The van der Waals surface area contributed by atoms with Gasteiger partial charge in [-0.2, -0.15) is 5.10 Å². The smallest absolute Gasteiger partial charge is 0.283 e. The van der Waals surface area contributed by atoms with Crippen LogP contribution in [-0.4, -0.2) is 29.4 Å². The van der Waals surface area contributed by atoms with E-state index < -0.39 is 0 Å². The molecular formula is C11H17BrN4O. The van der Waals surface area contributed by atoms with E-state index in [4.69, 9.17) is 5.73 Å². The second kappa shape index (κ2) is 5.18. The van der Waals surface area contributed by atoms with E-state index in [9.17, 15) is 4.79 Å². The number of nitrogens with zero attached hydrogens (tertiary/aromatic N) is 3. The largest absolute Gasteiger partial charge is 0.369 e. The molecule has 1 saturated heterocycles. The van der Waals surface area contributed by atoms with Crippen molar-refractivity contribution in [1.82, 2.24) is 9.78 Å². The third-order valence-corrected chi connectivity index (χ3v) is 3.97. The molecule has 0 spiro atoms. The minimum Gasteiger partial charge on any atom is -0.369 e. The second-order valence-corrected chi connectivity index (χ2v) is 5.09. The Morgan fingerprint density at radius 2 is 2.41 bits per heavy atom. The van der Waals surface area contributed by atoms with Crippen molar-refractivity contribution in [2.45, 2.75) is 19.9 Å². The van der Waals surface area contributed by atoms with Crippen molar-refractivity contribution in [1.29, 1.82) is 0 Å². The molecular weight excluding hydrogens is 284 g/mol. The second-order valence-electron chi connectivity index (χ2n) is 4.30. The highest BCUT2D eigenvalue weighted by Crippen LogP contribution is 2.27. The lowest BCUT2D eigenvalue weighted by molar-refractivity contribution is 0.599. The summed E-state index contributed by atoms with van der Waals surface area (Å²) in [6.45, 7) is 5.04. The number of aryl methyl sites for hydroxylation is 1. The Hall–Kier alpha value is -0.880. The van der Waals surface area contributed by atoms with Gasteiger partial charge in [-0.3, -0.25) is 4.79 Å². The van der Waals surface area contributed by atoms with E-state index >= 15 is 0 Å². The monoisotopic (exact) mass is 300 g/mol. The van der Waals surface area contributed by atoms with Crippen molar-refractivity contribution in [3.05, 3.63) is 21.0 Å². The highest BCUT2D eigenvalue weighted by Gasteiger charge is 2.24. The Labute approximate surface area is 109 Å². The van der Waals surface area contributed by atoms with Gasteiger partial charge in [0, 0.05) is 19.6 Å². The van der Waals surface area contributed by atoms with E-state index in [0.29, 0.717) is 23.5 Å². The van der Waals surface area contributed by atoms with Gasteiger partial charge in [-0.25, -0.2) is 4.68 Å². The fourth-order valence-corrected chi connectivity index (χ4v) is 2.70. The van der Waals surface area contributed by atoms with Crippen LogP contribution >= 0.6 is 15.9 Å². The zero-order valence-corrected chi connectivity index (χ0v) is 11.5. The molecule has 0 aliphatic carbocycles. The molecule has 1 aliphatic rings. The number of nitrogens with two attached hydrogens (primary N) is 1. The molecule has 2 heterocycles. The van der Waals surface area contributed by atoms with Gasteiger partial charge in [0.05, 0.1) is 11.9 Å². The van der Waals surface area contributed by atoms with Crippen molar-refractivity contribution in [3.63, 3.8) is 0 Å². The molecule has 1 fully saturated rings. The van der Waals surface area contributed by atoms with Crippen molar-refractivity contribution in [3.8, 4) is 0 Å². The van der Waals surface area contributed by atoms with Crippen LogP contribution in [0.15, 0.2) is 15.5 Å². The molecule has 2 N–H and O–H groups in total. The maximum atomic E-state index is 11.9. The van der Waals surface area contributed by atoms with Gasteiger partial charge in [0.1, 0.15) is 4.47 Å². The van der Waals surface area contributed by atoms with Gasteiger partial charge in [0.25, 0.3) is 5.56 Å². The third kappa shape index (κ3) is 2.37. The van der Waals surface area contributed by atoms with Gasteiger partial charge in [-0.1, -0.05) is 0 Å². The van der Waals surface area contributed by atoms with Gasteiger partial charge in [-0.15, -0.1) is 0 Å². The molecule has 2 rings (SSSR count). The van der Waals surface area contributed by atoms with E-state index in [1.807, 2.05) is 6.92 Å². The molecule has 6 heteroatoms. The summed E-state index contributed by atoms with van der Waals surface area (Å²) in [6, 6.07) is 0. The van der Waals surface area contributed by atoms with Crippen LogP contribution in [0.3, 0.4) is 0 Å². The molecule has 1 unspecified atom stereocenters. The van der Waals surface area contributed by atoms with Crippen molar-refractivity contribution in [2.75, 3.05) is 24.5 Å². The first kappa shape index (κ1) is 12.6. The number of hydrogen-bond acceptors (Lipinski definition) is 4. The average molecular weight is 301 g/mol. The van der Waals surface area contributed by atoms with Gasteiger partial charge in [0.15, 0.2) is 0 Å². The Morgan fingerprint density at radius 3 is 3.00 bits per heavy atom. The topological polar surface area (TPSA) is 64.2 Å². The van der Waals surface area contributed by atoms with Crippen LogP contribution in [0.5, 0.6) is 0 Å². The first-order valence-electron chi connectivity index (χ1n) is 5.88. The number of halogens is 1. The molecule has 0 amide bonds. The molecule has 5 nitrogen and oxygen atoms in total. The van der Waals surface area contributed by atoms with Crippen LogP contribution in [-0.2, 0) is 6.54 Å². The summed E-state index contributed by atoms with van der Waals surface area (Å²) in [5.41, 5.74) is 6.48. The van der Waals surface area contributed by atoms with Gasteiger partial charge < -0.3 is 10.6 Å². The summed E-state index contributed by atoms with van der Waals surface area (Å²) in [5, 5.41) is 4.15. The predicted octanol–water partition coefficient (Wildman–Crippen LogP) is 0.811. The van der Waals surface area contributed by atoms with E-state index in [-0.39, 0.29) is 5.56 Å². The van der Waals surface area contributed by atoms with Crippen LogP contribution in [0, 0.1) is 5.92 Å². The minimum absolute atomic E-state index is 0.0683. The van der Waals surface area contributed by atoms with Crippen molar-refractivity contribution in [2.24, 2.45) is 11.7 Å². The number of aromatic nitrogens is 2. The first-order chi connectivity index (χ1) is 8.17. The van der Waals surface area contributed by atoms with E-state index in [0.717, 1.165) is 25.2 Å². The fraction of sp³-hybridized carbons (Fsp3) is 0.636. The molecule has 0 radical (unpaired) electrons. The molecule has 1 atom stereocenters. The summed E-state index contributed by atoms with van der Waals surface area (Å²) in [6.07, 6.45) is 2.84. The standard InChI is InChI=1S/C11H17BrN4O/c1-2-16-11(17)10(12)9(6-14-16)15-4-3-8(5-13)7-15/h6,8H,2-5,7,13H2,1H3. The van der Waals surface area contributed by atoms with Crippen LogP contribution in [0.4, 0.5) is 5.69 Å². The SMILES string of the molecule is CCn1ncc(N2CCC(CN)C2)c(Br)c1=O. The Morgan fingerprint density at radius 1 is 1.65 bits per heavy atom. The van der Waals surface area contributed by atoms with E-state index in [1.54, 1.807) is 6.20 Å². The molecule has 1 aromatic heterocycles. The molecule has 0 saturated carbocycles. The van der Waals surface area contributed by atoms with Crippen molar-refractivity contribution >= 4 is 21.6 Å². The Kier molecular flexibility index (Phi) is 3.83. The normalized spacial score (nSPS) is 19.9. The molecule has 17 heavy (non-hydrogen) atoms. The zero-order chi connectivity index (χ0) is 12.4. The Bertz CT molecular complexity index is 459. The molecule has 0 aromatic carbocycles. The van der Waals surface area contributed by atoms with Crippen LogP contribution in [0.25, 0.3) is 0 Å². The van der Waals surface area contributed by atoms with Gasteiger partial charge in [0.2, 0.25) is 0 Å². The average Bonchev–Trinajstić information content (AvgIpc) is 2.81. The van der Waals surface area contributed by atoms with Gasteiger partial charge >= 0.3 is 0 Å². The fourth-order valence-electron chi connectivity index (χ4n) is 2.15. The van der Waals surface area contributed by atoms with E-state index in [2.05, 4.69) is 25.9 Å². The summed E-state index contributed by atoms with van der Waals surface area (Å²) in [7, 11) is 0. The number of anilines is 1. The minimum atomic E-state index is -0.0683. The zero-order valence-electron chi connectivity index (χ0n) is 9.90. The lowest BCUT2D eigenvalue weighted by atomic mass is 10.1. The molecule has 1 aromatic rings. The third-order valence-electron chi connectivity index (χ3n) is 3.23. The lowest BCUT2D eigenvalue weighted by Crippen LogP contribution is -2.28. The molecule has 0 bridgehead atoms. The number of hydrogen-bond donors (Lipinski definition) is 1. The summed E-state index contributed by atoms with van der Waals surface area (Å²) in [4.78, 5) is 14.1. The molecule has 1 aliphatic heterocycles. The highest BCUT2D eigenvalue weighted by atomic mass is 79.9. The summed E-state index contributed by atoms with van der Waals surface area (Å²) in [5.74, 6) is 0.524. The number of rotatable bonds is 3. The van der Waals surface area contributed by atoms with E-state index in [1.165, 1.54) is 4.68 Å². The van der Waals surface area contributed by atoms with Crippen molar-refractivity contribution < 1.29 is 0 Å². The van der Waals surface area contributed by atoms with Crippen LogP contribution < -0.4 is 16.2 Å².